The Morgan fingerprint density at radius 2 is 1.44 bits per heavy atom. The van der Waals surface area contributed by atoms with Crippen LogP contribution < -0.4 is 0 Å². The minimum atomic E-state index is 0.776. The molecule has 27 heavy (non-hydrogen) atoms. The molecule has 0 aromatic heterocycles. The molecule has 3 rings (SSSR count). The molecule has 0 spiro atoms. The fraction of sp³-hybridized carbons (Fsp3) is 0.538. The maximum Gasteiger partial charge on any atom is 0.0502 e. The van der Waals surface area contributed by atoms with Crippen molar-refractivity contribution in [2.75, 3.05) is 13.7 Å². The highest BCUT2D eigenvalue weighted by molar-refractivity contribution is 5.64. The van der Waals surface area contributed by atoms with Crippen LogP contribution in [0.1, 0.15) is 75.3 Å². The quantitative estimate of drug-likeness (QED) is 0.421. The van der Waals surface area contributed by atoms with Crippen molar-refractivity contribution >= 4 is 0 Å². The lowest BCUT2D eigenvalue weighted by atomic mass is 9.77. The summed E-state index contributed by atoms with van der Waals surface area (Å²) in [6, 6.07) is 18.3. The van der Waals surface area contributed by atoms with Gasteiger partial charge in [-0.2, -0.15) is 0 Å². The molecule has 1 heteroatoms. The molecule has 1 saturated carbocycles. The molecule has 0 bridgehead atoms. The maximum atomic E-state index is 5.16. The number of unbranched alkanes of at least 4 members (excludes halogenated alkanes) is 2. The predicted molar refractivity (Wildman–Crippen MR) is 116 cm³/mol. The topological polar surface area (TPSA) is 9.23 Å². The molecular weight excluding hydrogens is 328 g/mol. The van der Waals surface area contributed by atoms with Crippen molar-refractivity contribution in [3.63, 3.8) is 0 Å². The minimum absolute atomic E-state index is 0.776. The fourth-order valence-electron chi connectivity index (χ4n) is 4.50. The molecule has 0 N–H and O–H groups in total. The number of rotatable bonds is 9. The first kappa shape index (κ1) is 20.1. The summed E-state index contributed by atoms with van der Waals surface area (Å²) in [5.41, 5.74) is 5.52. The van der Waals surface area contributed by atoms with Gasteiger partial charge < -0.3 is 4.74 Å². The molecule has 0 heterocycles. The molecule has 1 aliphatic carbocycles. The third-order valence-electron chi connectivity index (χ3n) is 6.33. The average Bonchev–Trinajstić information content (AvgIpc) is 2.73. The second-order valence-electron chi connectivity index (χ2n) is 8.28. The molecule has 0 atom stereocenters. The Hall–Kier alpha value is -1.60. The highest BCUT2D eigenvalue weighted by atomic mass is 16.5. The van der Waals surface area contributed by atoms with E-state index in [2.05, 4.69) is 55.5 Å². The fourth-order valence-corrected chi connectivity index (χ4v) is 4.50. The number of hydrogen-bond acceptors (Lipinski definition) is 1. The summed E-state index contributed by atoms with van der Waals surface area (Å²) in [4.78, 5) is 0. The van der Waals surface area contributed by atoms with Crippen LogP contribution in [0.4, 0.5) is 0 Å². The maximum absolute atomic E-state index is 5.16. The summed E-state index contributed by atoms with van der Waals surface area (Å²) in [5.74, 6) is 1.77. The number of ether oxygens (including phenoxy) is 1. The van der Waals surface area contributed by atoms with Gasteiger partial charge in [-0.15, -0.1) is 0 Å². The number of benzene rings is 2. The molecule has 0 saturated heterocycles. The van der Waals surface area contributed by atoms with Gasteiger partial charge in [0.1, 0.15) is 0 Å². The zero-order chi connectivity index (χ0) is 18.9. The van der Waals surface area contributed by atoms with Crippen molar-refractivity contribution in [2.45, 2.75) is 70.6 Å². The van der Waals surface area contributed by atoms with Crippen LogP contribution in [0.5, 0.6) is 0 Å². The first-order valence-electron chi connectivity index (χ1n) is 11.0. The van der Waals surface area contributed by atoms with Crippen molar-refractivity contribution in [3.8, 4) is 11.1 Å². The van der Waals surface area contributed by atoms with Gasteiger partial charge in [-0.25, -0.2) is 0 Å². The lowest BCUT2D eigenvalue weighted by Gasteiger charge is -2.29. The first-order valence-corrected chi connectivity index (χ1v) is 11.0. The molecule has 1 aliphatic rings. The van der Waals surface area contributed by atoms with Crippen molar-refractivity contribution in [1.29, 1.82) is 0 Å². The third-order valence-corrected chi connectivity index (χ3v) is 6.33. The van der Waals surface area contributed by atoms with E-state index >= 15 is 0 Å². The van der Waals surface area contributed by atoms with Crippen LogP contribution in [-0.4, -0.2) is 13.7 Å². The SMILES string of the molecule is CCCCCC1CCC(c2ccc(-c3ccc(CCOC)cc3)cc2)CC1. The summed E-state index contributed by atoms with van der Waals surface area (Å²) in [6.45, 7) is 3.09. The number of hydrogen-bond donors (Lipinski definition) is 0. The van der Waals surface area contributed by atoms with Gasteiger partial charge in [0.15, 0.2) is 0 Å². The van der Waals surface area contributed by atoms with Crippen LogP contribution in [0.3, 0.4) is 0 Å². The van der Waals surface area contributed by atoms with Gasteiger partial charge in [0.25, 0.3) is 0 Å². The highest BCUT2D eigenvalue weighted by Crippen LogP contribution is 2.38. The van der Waals surface area contributed by atoms with Crippen LogP contribution in [-0.2, 0) is 11.2 Å². The molecule has 1 fully saturated rings. The Labute approximate surface area is 166 Å². The molecule has 146 valence electrons. The Morgan fingerprint density at radius 1 is 0.815 bits per heavy atom. The van der Waals surface area contributed by atoms with Gasteiger partial charge in [-0.3, -0.25) is 0 Å². The zero-order valence-corrected chi connectivity index (χ0v) is 17.3. The van der Waals surface area contributed by atoms with E-state index in [9.17, 15) is 0 Å². The van der Waals surface area contributed by atoms with Crippen LogP contribution in [0.2, 0.25) is 0 Å². The van der Waals surface area contributed by atoms with E-state index in [4.69, 9.17) is 4.74 Å². The third kappa shape index (κ3) is 5.94. The monoisotopic (exact) mass is 364 g/mol. The lowest BCUT2D eigenvalue weighted by Crippen LogP contribution is -2.13. The van der Waals surface area contributed by atoms with Crippen molar-refractivity contribution in [2.24, 2.45) is 5.92 Å². The molecule has 2 aromatic carbocycles. The summed E-state index contributed by atoms with van der Waals surface area (Å²) < 4.78 is 5.16. The van der Waals surface area contributed by atoms with Gasteiger partial charge in [0.2, 0.25) is 0 Å². The van der Waals surface area contributed by atoms with Gasteiger partial charge in [-0.1, -0.05) is 81.1 Å². The molecule has 0 amide bonds. The van der Waals surface area contributed by atoms with Crippen LogP contribution in [0, 0.1) is 5.92 Å². The van der Waals surface area contributed by atoms with Gasteiger partial charge in [0.05, 0.1) is 6.61 Å². The standard InChI is InChI=1S/C26H36O/c1-3-4-5-6-21-7-11-23(12-8-21)25-15-17-26(18-16-25)24-13-9-22(10-14-24)19-20-27-2/h9-10,13-18,21,23H,3-8,11-12,19-20H2,1-2H3. The largest absolute Gasteiger partial charge is 0.384 e. The van der Waals surface area contributed by atoms with E-state index in [0.29, 0.717) is 0 Å². The molecule has 0 unspecified atom stereocenters. The smallest absolute Gasteiger partial charge is 0.0502 e. The number of methoxy groups -OCH3 is 1. The Kier molecular flexibility index (Phi) is 7.95. The second kappa shape index (κ2) is 10.7. The normalized spacial score (nSPS) is 19.9. The Bertz CT molecular complexity index is 648. The summed E-state index contributed by atoms with van der Waals surface area (Å²) in [7, 11) is 1.76. The van der Waals surface area contributed by atoms with Crippen molar-refractivity contribution in [3.05, 3.63) is 59.7 Å². The summed E-state index contributed by atoms with van der Waals surface area (Å²) >= 11 is 0. The average molecular weight is 365 g/mol. The lowest BCUT2D eigenvalue weighted by molar-refractivity contribution is 0.202. The highest BCUT2D eigenvalue weighted by Gasteiger charge is 2.21. The van der Waals surface area contributed by atoms with Gasteiger partial charge in [-0.05, 0) is 66.2 Å². The van der Waals surface area contributed by atoms with E-state index in [1.54, 1.807) is 12.7 Å². The molecule has 1 nitrogen and oxygen atoms in total. The van der Waals surface area contributed by atoms with Crippen molar-refractivity contribution in [1.82, 2.24) is 0 Å². The second-order valence-corrected chi connectivity index (χ2v) is 8.28. The zero-order valence-electron chi connectivity index (χ0n) is 17.3. The van der Waals surface area contributed by atoms with Crippen molar-refractivity contribution < 1.29 is 4.74 Å². The summed E-state index contributed by atoms with van der Waals surface area (Å²) in [5, 5.41) is 0. The van der Waals surface area contributed by atoms with Crippen LogP contribution in [0.25, 0.3) is 11.1 Å². The van der Waals surface area contributed by atoms with Crippen LogP contribution in [0.15, 0.2) is 48.5 Å². The molecule has 2 aromatic rings. The van der Waals surface area contributed by atoms with E-state index in [1.807, 2.05) is 0 Å². The van der Waals surface area contributed by atoms with Gasteiger partial charge in [0, 0.05) is 7.11 Å². The van der Waals surface area contributed by atoms with Gasteiger partial charge >= 0.3 is 0 Å². The minimum Gasteiger partial charge on any atom is -0.384 e. The Balaban J connectivity index is 1.53. The Morgan fingerprint density at radius 3 is 2.04 bits per heavy atom. The predicted octanol–water partition coefficient (Wildman–Crippen LogP) is 7.40. The first-order chi connectivity index (χ1) is 13.3. The molecule has 0 aliphatic heterocycles. The van der Waals surface area contributed by atoms with E-state index in [0.717, 1.165) is 24.9 Å². The van der Waals surface area contributed by atoms with Crippen LogP contribution >= 0.6 is 0 Å². The van der Waals surface area contributed by atoms with E-state index in [-0.39, 0.29) is 0 Å². The summed E-state index contributed by atoms with van der Waals surface area (Å²) in [6.07, 6.45) is 12.3. The van der Waals surface area contributed by atoms with E-state index < -0.39 is 0 Å². The molecular formula is C26H36O. The van der Waals surface area contributed by atoms with E-state index in [1.165, 1.54) is 68.1 Å². The molecule has 0 radical (unpaired) electrons.